The van der Waals surface area contributed by atoms with Gasteiger partial charge in [-0.15, -0.1) is 0 Å². The molecule has 0 spiro atoms. The smallest absolute Gasteiger partial charge is 0.253 e. The summed E-state index contributed by atoms with van der Waals surface area (Å²) in [6, 6.07) is 6.40. The van der Waals surface area contributed by atoms with Crippen molar-refractivity contribution in [1.82, 2.24) is 10.5 Å². The Hall–Kier alpha value is -2.01. The van der Waals surface area contributed by atoms with Crippen molar-refractivity contribution in [2.45, 2.75) is 6.54 Å². The zero-order valence-electron chi connectivity index (χ0n) is 8.81. The fourth-order valence-corrected chi connectivity index (χ4v) is 1.59. The Morgan fingerprint density at radius 2 is 2.29 bits per heavy atom. The summed E-state index contributed by atoms with van der Waals surface area (Å²) in [5.41, 5.74) is 6.43. The molecule has 0 aliphatic rings. The molecule has 3 N–H and O–H groups in total. The van der Waals surface area contributed by atoms with Crippen molar-refractivity contribution >= 4 is 23.2 Å². The van der Waals surface area contributed by atoms with Crippen LogP contribution in [0.15, 0.2) is 35.0 Å². The first-order valence-electron chi connectivity index (χ1n) is 4.89. The van der Waals surface area contributed by atoms with E-state index in [-0.39, 0.29) is 12.5 Å². The molecule has 1 aromatic carbocycles. The van der Waals surface area contributed by atoms with Crippen molar-refractivity contribution in [2.24, 2.45) is 0 Å². The van der Waals surface area contributed by atoms with Crippen LogP contribution in [0.2, 0.25) is 5.02 Å². The molecular formula is C11H10ClN3O2. The zero-order valence-corrected chi connectivity index (χ0v) is 9.57. The number of hydrogen-bond acceptors (Lipinski definition) is 4. The van der Waals surface area contributed by atoms with Gasteiger partial charge in [-0.25, -0.2) is 0 Å². The number of amides is 1. The van der Waals surface area contributed by atoms with Crippen molar-refractivity contribution in [3.05, 3.63) is 46.8 Å². The van der Waals surface area contributed by atoms with Gasteiger partial charge < -0.3 is 15.6 Å². The van der Waals surface area contributed by atoms with Crippen LogP contribution < -0.4 is 11.1 Å². The molecule has 0 unspecified atom stereocenters. The maximum atomic E-state index is 11.8. The standard InChI is InChI=1S/C11H10ClN3O2/c12-10-5-7(13)1-2-9(10)11(16)14-6-8-3-4-15-17-8/h1-5H,6,13H2,(H,14,16). The number of nitrogens with zero attached hydrogens (tertiary/aromatic N) is 1. The van der Waals surface area contributed by atoms with Crippen LogP contribution in [0.1, 0.15) is 16.1 Å². The van der Waals surface area contributed by atoms with E-state index in [9.17, 15) is 4.79 Å². The van der Waals surface area contributed by atoms with E-state index in [1.54, 1.807) is 18.2 Å². The van der Waals surface area contributed by atoms with Gasteiger partial charge in [0.05, 0.1) is 23.3 Å². The largest absolute Gasteiger partial charge is 0.399 e. The Labute approximate surface area is 103 Å². The molecule has 2 rings (SSSR count). The summed E-state index contributed by atoms with van der Waals surface area (Å²) >= 11 is 5.91. The Bertz CT molecular complexity index is 526. The molecule has 0 fully saturated rings. The number of aromatic nitrogens is 1. The summed E-state index contributed by atoms with van der Waals surface area (Å²) in [4.78, 5) is 11.8. The zero-order chi connectivity index (χ0) is 12.3. The summed E-state index contributed by atoms with van der Waals surface area (Å²) in [5, 5.41) is 6.52. The lowest BCUT2D eigenvalue weighted by atomic mass is 10.2. The minimum Gasteiger partial charge on any atom is -0.399 e. The second-order valence-electron chi connectivity index (χ2n) is 3.40. The number of carbonyl (C=O) groups excluding carboxylic acids is 1. The topological polar surface area (TPSA) is 81.2 Å². The van der Waals surface area contributed by atoms with Crippen molar-refractivity contribution in [3.63, 3.8) is 0 Å². The van der Waals surface area contributed by atoms with Crippen molar-refractivity contribution < 1.29 is 9.32 Å². The molecule has 0 radical (unpaired) electrons. The molecule has 0 saturated heterocycles. The predicted octanol–water partition coefficient (Wildman–Crippen LogP) is 1.84. The second-order valence-corrected chi connectivity index (χ2v) is 3.81. The van der Waals surface area contributed by atoms with Gasteiger partial charge in [-0.3, -0.25) is 4.79 Å². The molecule has 5 nitrogen and oxygen atoms in total. The van der Waals surface area contributed by atoms with Gasteiger partial charge in [0, 0.05) is 11.8 Å². The van der Waals surface area contributed by atoms with E-state index < -0.39 is 0 Å². The van der Waals surface area contributed by atoms with E-state index >= 15 is 0 Å². The SMILES string of the molecule is Nc1ccc(C(=O)NCc2ccno2)c(Cl)c1. The van der Waals surface area contributed by atoms with Gasteiger partial charge in [0.25, 0.3) is 5.91 Å². The number of halogens is 1. The molecule has 17 heavy (non-hydrogen) atoms. The highest BCUT2D eigenvalue weighted by molar-refractivity contribution is 6.34. The van der Waals surface area contributed by atoms with E-state index in [4.69, 9.17) is 21.9 Å². The predicted molar refractivity (Wildman–Crippen MR) is 63.5 cm³/mol. The molecule has 0 aliphatic heterocycles. The van der Waals surface area contributed by atoms with Crippen LogP contribution in [0.25, 0.3) is 0 Å². The number of nitrogen functional groups attached to an aromatic ring is 1. The van der Waals surface area contributed by atoms with Gasteiger partial charge >= 0.3 is 0 Å². The van der Waals surface area contributed by atoms with Crippen LogP contribution in [-0.2, 0) is 6.54 Å². The lowest BCUT2D eigenvalue weighted by Gasteiger charge is -2.05. The number of benzene rings is 1. The first kappa shape index (κ1) is 11.5. The minimum atomic E-state index is -0.286. The highest BCUT2D eigenvalue weighted by atomic mass is 35.5. The van der Waals surface area contributed by atoms with Crippen LogP contribution in [0.3, 0.4) is 0 Å². The van der Waals surface area contributed by atoms with E-state index in [1.807, 2.05) is 0 Å². The molecule has 0 atom stereocenters. The highest BCUT2D eigenvalue weighted by Gasteiger charge is 2.10. The normalized spacial score (nSPS) is 10.2. The summed E-state index contributed by atoms with van der Waals surface area (Å²) in [6.07, 6.45) is 1.51. The third-order valence-corrected chi connectivity index (χ3v) is 2.46. The first-order valence-corrected chi connectivity index (χ1v) is 5.27. The van der Waals surface area contributed by atoms with Gasteiger partial charge in [-0.05, 0) is 18.2 Å². The number of nitrogens with two attached hydrogens (primary N) is 1. The quantitative estimate of drug-likeness (QED) is 0.816. The fourth-order valence-electron chi connectivity index (χ4n) is 1.31. The van der Waals surface area contributed by atoms with Crippen LogP contribution in [0.5, 0.6) is 0 Å². The third kappa shape index (κ3) is 2.76. The molecule has 0 bridgehead atoms. The Morgan fingerprint density at radius 1 is 1.47 bits per heavy atom. The number of rotatable bonds is 3. The maximum Gasteiger partial charge on any atom is 0.253 e. The number of carbonyl (C=O) groups is 1. The third-order valence-electron chi connectivity index (χ3n) is 2.15. The van der Waals surface area contributed by atoms with Gasteiger partial charge in [-0.1, -0.05) is 16.8 Å². The molecule has 2 aromatic rings. The second kappa shape index (κ2) is 4.88. The summed E-state index contributed by atoms with van der Waals surface area (Å²) in [5.74, 6) is 0.288. The number of nitrogens with one attached hydrogen (secondary N) is 1. The molecule has 0 saturated carbocycles. The van der Waals surface area contributed by atoms with Crippen molar-refractivity contribution in [1.29, 1.82) is 0 Å². The average molecular weight is 252 g/mol. The van der Waals surface area contributed by atoms with Gasteiger partial charge in [0.2, 0.25) is 0 Å². The van der Waals surface area contributed by atoms with Gasteiger partial charge in [0.15, 0.2) is 5.76 Å². The lowest BCUT2D eigenvalue weighted by Crippen LogP contribution is -2.22. The maximum absolute atomic E-state index is 11.8. The molecule has 1 heterocycles. The molecule has 1 aromatic heterocycles. The summed E-state index contributed by atoms with van der Waals surface area (Å²) in [6.45, 7) is 0.263. The van der Waals surface area contributed by atoms with Crippen molar-refractivity contribution in [3.8, 4) is 0 Å². The van der Waals surface area contributed by atoms with Crippen molar-refractivity contribution in [2.75, 3.05) is 5.73 Å². The van der Waals surface area contributed by atoms with E-state index in [0.717, 1.165) is 0 Å². The van der Waals surface area contributed by atoms with E-state index in [2.05, 4.69) is 10.5 Å². The Kier molecular flexibility index (Phi) is 3.30. The first-order chi connectivity index (χ1) is 8.16. The van der Waals surface area contributed by atoms with E-state index in [0.29, 0.717) is 22.0 Å². The molecule has 0 aliphatic carbocycles. The van der Waals surface area contributed by atoms with Crippen LogP contribution >= 0.6 is 11.6 Å². The number of anilines is 1. The molecular weight excluding hydrogens is 242 g/mol. The van der Waals surface area contributed by atoms with Gasteiger partial charge in [-0.2, -0.15) is 0 Å². The van der Waals surface area contributed by atoms with E-state index in [1.165, 1.54) is 12.3 Å². The fraction of sp³-hybridized carbons (Fsp3) is 0.0909. The summed E-state index contributed by atoms with van der Waals surface area (Å²) in [7, 11) is 0. The monoisotopic (exact) mass is 251 g/mol. The highest BCUT2D eigenvalue weighted by Crippen LogP contribution is 2.19. The number of hydrogen-bond donors (Lipinski definition) is 2. The van der Waals surface area contributed by atoms with Crippen LogP contribution in [0.4, 0.5) is 5.69 Å². The molecule has 88 valence electrons. The van der Waals surface area contributed by atoms with Gasteiger partial charge in [0.1, 0.15) is 0 Å². The molecule has 1 amide bonds. The minimum absolute atomic E-state index is 0.263. The van der Waals surface area contributed by atoms with Crippen LogP contribution in [-0.4, -0.2) is 11.1 Å². The average Bonchev–Trinajstić information content (AvgIpc) is 2.78. The molecule has 6 heteroatoms. The Balaban J connectivity index is 2.04. The Morgan fingerprint density at radius 3 is 2.94 bits per heavy atom. The lowest BCUT2D eigenvalue weighted by molar-refractivity contribution is 0.0947. The van der Waals surface area contributed by atoms with Crippen LogP contribution in [0, 0.1) is 0 Å². The summed E-state index contributed by atoms with van der Waals surface area (Å²) < 4.78 is 4.85.